The Kier molecular flexibility index (Phi) is 4.17. The minimum absolute atomic E-state index is 0.174. The van der Waals surface area contributed by atoms with E-state index in [4.69, 9.17) is 20.8 Å². The third-order valence-corrected chi connectivity index (χ3v) is 3.64. The van der Waals surface area contributed by atoms with Gasteiger partial charge in [0.2, 0.25) is 0 Å². The van der Waals surface area contributed by atoms with Gasteiger partial charge in [-0.2, -0.15) is 0 Å². The molecule has 102 valence electrons. The van der Waals surface area contributed by atoms with E-state index in [9.17, 15) is 0 Å². The Labute approximate surface area is 118 Å². The number of nitrogens with one attached hydrogen (secondary N) is 1. The van der Waals surface area contributed by atoms with Crippen molar-refractivity contribution in [3.05, 3.63) is 40.6 Å². The standard InChI is InChI=1S/C15H18ClNO2/c1-9-7-11(15(18-4)8-12(9)16)14-6-5-13(19-14)10(2)17-3/h5-8,10,17H,1-4H3. The number of furan rings is 1. The van der Waals surface area contributed by atoms with Crippen molar-refractivity contribution in [2.24, 2.45) is 0 Å². The topological polar surface area (TPSA) is 34.4 Å². The van der Waals surface area contributed by atoms with Crippen molar-refractivity contribution in [2.75, 3.05) is 14.2 Å². The molecule has 0 saturated heterocycles. The first kappa shape index (κ1) is 14.0. The minimum atomic E-state index is 0.174. The predicted molar refractivity (Wildman–Crippen MR) is 77.9 cm³/mol. The lowest BCUT2D eigenvalue weighted by atomic mass is 10.1. The van der Waals surface area contributed by atoms with Gasteiger partial charge in [-0.3, -0.25) is 0 Å². The first-order valence-corrected chi connectivity index (χ1v) is 6.56. The van der Waals surface area contributed by atoms with E-state index in [0.717, 1.165) is 22.6 Å². The molecule has 0 aliphatic carbocycles. The highest BCUT2D eigenvalue weighted by molar-refractivity contribution is 6.31. The van der Waals surface area contributed by atoms with Gasteiger partial charge in [-0.25, -0.2) is 0 Å². The summed E-state index contributed by atoms with van der Waals surface area (Å²) in [5, 5.41) is 3.84. The van der Waals surface area contributed by atoms with Crippen LogP contribution in [-0.2, 0) is 0 Å². The summed E-state index contributed by atoms with van der Waals surface area (Å²) in [7, 11) is 3.53. The number of hydrogen-bond donors (Lipinski definition) is 1. The van der Waals surface area contributed by atoms with Crippen molar-refractivity contribution in [3.63, 3.8) is 0 Å². The van der Waals surface area contributed by atoms with Crippen LogP contribution in [0.2, 0.25) is 5.02 Å². The molecule has 3 nitrogen and oxygen atoms in total. The number of hydrogen-bond acceptors (Lipinski definition) is 3. The van der Waals surface area contributed by atoms with Crippen LogP contribution in [0.4, 0.5) is 0 Å². The second-order valence-corrected chi connectivity index (χ2v) is 4.92. The molecule has 0 amide bonds. The number of benzene rings is 1. The summed E-state index contributed by atoms with van der Waals surface area (Å²) >= 11 is 6.11. The van der Waals surface area contributed by atoms with E-state index in [1.165, 1.54) is 0 Å². The second kappa shape index (κ2) is 5.68. The zero-order valence-corrected chi connectivity index (χ0v) is 12.3. The molecule has 4 heteroatoms. The van der Waals surface area contributed by atoms with Crippen LogP contribution < -0.4 is 10.1 Å². The lowest BCUT2D eigenvalue weighted by Gasteiger charge is -2.10. The van der Waals surface area contributed by atoms with Gasteiger partial charge >= 0.3 is 0 Å². The number of aryl methyl sites for hydroxylation is 1. The summed E-state index contributed by atoms with van der Waals surface area (Å²) in [6, 6.07) is 7.89. The predicted octanol–water partition coefficient (Wildman–Crippen LogP) is 4.20. The van der Waals surface area contributed by atoms with Gasteiger partial charge < -0.3 is 14.5 Å². The molecular formula is C15H18ClNO2. The van der Waals surface area contributed by atoms with Gasteiger partial charge in [-0.1, -0.05) is 11.6 Å². The molecule has 2 aromatic rings. The molecule has 1 atom stereocenters. The fraction of sp³-hybridized carbons (Fsp3) is 0.333. The zero-order chi connectivity index (χ0) is 14.0. The molecule has 0 bridgehead atoms. The van der Waals surface area contributed by atoms with Gasteiger partial charge in [0, 0.05) is 5.02 Å². The average molecular weight is 280 g/mol. The molecule has 1 aromatic carbocycles. The average Bonchev–Trinajstić information content (AvgIpc) is 2.90. The van der Waals surface area contributed by atoms with E-state index < -0.39 is 0 Å². The molecule has 0 saturated carbocycles. The van der Waals surface area contributed by atoms with Gasteiger partial charge in [0.05, 0.1) is 18.7 Å². The number of halogens is 1. The van der Waals surface area contributed by atoms with Crippen molar-refractivity contribution in [2.45, 2.75) is 19.9 Å². The summed E-state index contributed by atoms with van der Waals surface area (Å²) in [5.74, 6) is 2.40. The van der Waals surface area contributed by atoms with Crippen molar-refractivity contribution in [3.8, 4) is 17.1 Å². The van der Waals surface area contributed by atoms with Crippen molar-refractivity contribution in [1.82, 2.24) is 5.32 Å². The maximum absolute atomic E-state index is 6.11. The SMILES string of the molecule is CNC(C)c1ccc(-c2cc(C)c(Cl)cc2OC)o1. The van der Waals surface area contributed by atoms with Crippen LogP contribution in [0, 0.1) is 6.92 Å². The molecule has 2 rings (SSSR count). The van der Waals surface area contributed by atoms with Crippen molar-refractivity contribution in [1.29, 1.82) is 0 Å². The van der Waals surface area contributed by atoms with Crippen LogP contribution in [0.3, 0.4) is 0 Å². The number of rotatable bonds is 4. The number of methoxy groups -OCH3 is 1. The smallest absolute Gasteiger partial charge is 0.138 e. The van der Waals surface area contributed by atoms with Crippen LogP contribution in [0.5, 0.6) is 5.75 Å². The van der Waals surface area contributed by atoms with Crippen LogP contribution in [-0.4, -0.2) is 14.2 Å². The van der Waals surface area contributed by atoms with E-state index in [1.807, 2.05) is 45.2 Å². The first-order valence-electron chi connectivity index (χ1n) is 6.18. The Balaban J connectivity index is 2.46. The first-order chi connectivity index (χ1) is 9.06. The Hall–Kier alpha value is -1.45. The lowest BCUT2D eigenvalue weighted by Crippen LogP contribution is -2.11. The molecule has 0 aliphatic rings. The highest BCUT2D eigenvalue weighted by Gasteiger charge is 2.14. The zero-order valence-electron chi connectivity index (χ0n) is 11.6. The van der Waals surface area contributed by atoms with Crippen LogP contribution >= 0.6 is 11.6 Å². The monoisotopic (exact) mass is 279 g/mol. The van der Waals surface area contributed by atoms with E-state index in [1.54, 1.807) is 7.11 Å². The van der Waals surface area contributed by atoms with Crippen molar-refractivity contribution < 1.29 is 9.15 Å². The summed E-state index contributed by atoms with van der Waals surface area (Å²) in [5.41, 5.74) is 1.91. The van der Waals surface area contributed by atoms with Gasteiger partial charge in [-0.15, -0.1) is 0 Å². The lowest BCUT2D eigenvalue weighted by molar-refractivity contribution is 0.412. The van der Waals surface area contributed by atoms with Gasteiger partial charge in [0.1, 0.15) is 17.3 Å². The highest BCUT2D eigenvalue weighted by Crippen LogP contribution is 2.36. The molecule has 1 heterocycles. The Morgan fingerprint density at radius 2 is 2.05 bits per heavy atom. The Bertz CT molecular complexity index is 578. The molecule has 19 heavy (non-hydrogen) atoms. The van der Waals surface area contributed by atoms with E-state index >= 15 is 0 Å². The van der Waals surface area contributed by atoms with Gasteiger partial charge in [-0.05, 0) is 50.7 Å². The summed E-state index contributed by atoms with van der Waals surface area (Å²) in [4.78, 5) is 0. The fourth-order valence-corrected chi connectivity index (χ4v) is 2.05. The summed E-state index contributed by atoms with van der Waals surface area (Å²) < 4.78 is 11.2. The van der Waals surface area contributed by atoms with Gasteiger partial charge in [0.25, 0.3) is 0 Å². The van der Waals surface area contributed by atoms with Crippen LogP contribution in [0.15, 0.2) is 28.7 Å². The molecule has 1 unspecified atom stereocenters. The summed E-state index contributed by atoms with van der Waals surface area (Å²) in [6.45, 7) is 4.01. The maximum Gasteiger partial charge on any atom is 0.138 e. The molecule has 0 radical (unpaired) electrons. The van der Waals surface area contributed by atoms with Gasteiger partial charge in [0.15, 0.2) is 0 Å². The quantitative estimate of drug-likeness (QED) is 0.911. The molecule has 1 N–H and O–H groups in total. The van der Waals surface area contributed by atoms with E-state index in [-0.39, 0.29) is 6.04 Å². The molecule has 0 spiro atoms. The molecule has 0 aliphatic heterocycles. The summed E-state index contributed by atoms with van der Waals surface area (Å²) in [6.07, 6.45) is 0. The molecular weight excluding hydrogens is 262 g/mol. The molecule has 0 fully saturated rings. The van der Waals surface area contributed by atoms with Crippen LogP contribution in [0.1, 0.15) is 24.3 Å². The normalized spacial score (nSPS) is 12.5. The highest BCUT2D eigenvalue weighted by atomic mass is 35.5. The largest absolute Gasteiger partial charge is 0.496 e. The Morgan fingerprint density at radius 1 is 1.32 bits per heavy atom. The number of ether oxygens (including phenoxy) is 1. The third kappa shape index (κ3) is 2.77. The van der Waals surface area contributed by atoms with Crippen LogP contribution in [0.25, 0.3) is 11.3 Å². The fourth-order valence-electron chi connectivity index (χ4n) is 1.90. The third-order valence-electron chi connectivity index (χ3n) is 3.23. The van der Waals surface area contributed by atoms with Crippen molar-refractivity contribution >= 4 is 11.6 Å². The molecule has 1 aromatic heterocycles. The Morgan fingerprint density at radius 3 is 2.68 bits per heavy atom. The van der Waals surface area contributed by atoms with E-state index in [0.29, 0.717) is 10.8 Å². The second-order valence-electron chi connectivity index (χ2n) is 4.51. The van der Waals surface area contributed by atoms with E-state index in [2.05, 4.69) is 5.32 Å². The minimum Gasteiger partial charge on any atom is -0.496 e. The maximum atomic E-state index is 6.11.